The van der Waals surface area contributed by atoms with Gasteiger partial charge in [-0.15, -0.1) is 0 Å². The Hall–Kier alpha value is -4.15. The van der Waals surface area contributed by atoms with E-state index in [4.69, 9.17) is 4.74 Å². The van der Waals surface area contributed by atoms with Gasteiger partial charge in [-0.2, -0.15) is 0 Å². The molecule has 0 aromatic heterocycles. The van der Waals surface area contributed by atoms with Gasteiger partial charge in [-0.05, 0) is 24.6 Å². The van der Waals surface area contributed by atoms with Crippen LogP contribution in [0.15, 0.2) is 42.5 Å². The molecule has 1 unspecified atom stereocenters. The standard InChI is InChI=1S/C26H22F5N3O3/c1-13-17-5-4-14(25(35)32-11-18-20(29)7-15(27)8-21(18)30)6-23(17)34(26(36)33(13)2)12-19-22(31)9-16(28)10-24(19)37-3/h4-10,13H,11-12H2,1-3H3,(H,32,35). The molecule has 1 N–H and O–H groups in total. The quantitative estimate of drug-likeness (QED) is 0.441. The number of anilines is 1. The first-order chi connectivity index (χ1) is 17.5. The number of rotatable bonds is 6. The summed E-state index contributed by atoms with van der Waals surface area (Å²) in [7, 11) is 2.81. The molecule has 6 nitrogen and oxygen atoms in total. The molecule has 0 aliphatic carbocycles. The molecule has 1 heterocycles. The molecular weight excluding hydrogens is 497 g/mol. The van der Waals surface area contributed by atoms with Crippen LogP contribution in [0.4, 0.5) is 32.4 Å². The number of methoxy groups -OCH3 is 1. The molecule has 11 heteroatoms. The van der Waals surface area contributed by atoms with E-state index in [0.717, 1.165) is 6.07 Å². The van der Waals surface area contributed by atoms with Gasteiger partial charge >= 0.3 is 6.03 Å². The van der Waals surface area contributed by atoms with Crippen LogP contribution < -0.4 is 15.0 Å². The smallest absolute Gasteiger partial charge is 0.325 e. The van der Waals surface area contributed by atoms with Crippen LogP contribution in [0, 0.1) is 29.1 Å². The molecule has 0 spiro atoms. The Kier molecular flexibility index (Phi) is 7.06. The van der Waals surface area contributed by atoms with Crippen molar-refractivity contribution in [2.45, 2.75) is 26.1 Å². The van der Waals surface area contributed by atoms with Gasteiger partial charge in [0.15, 0.2) is 0 Å². The van der Waals surface area contributed by atoms with Crippen LogP contribution >= 0.6 is 0 Å². The van der Waals surface area contributed by atoms with Crippen molar-refractivity contribution in [3.63, 3.8) is 0 Å². The summed E-state index contributed by atoms with van der Waals surface area (Å²) >= 11 is 0. The van der Waals surface area contributed by atoms with Crippen molar-refractivity contribution in [3.05, 3.63) is 93.8 Å². The zero-order valence-corrected chi connectivity index (χ0v) is 20.0. The SMILES string of the molecule is COc1cc(F)cc(F)c1CN1C(=O)N(C)C(C)c2ccc(C(=O)NCc3c(F)cc(F)cc3F)cc21. The van der Waals surface area contributed by atoms with Gasteiger partial charge in [-0.1, -0.05) is 6.07 Å². The van der Waals surface area contributed by atoms with Gasteiger partial charge in [0.05, 0.1) is 25.4 Å². The highest BCUT2D eigenvalue weighted by atomic mass is 19.2. The second kappa shape index (κ2) is 10.1. The van der Waals surface area contributed by atoms with E-state index in [1.165, 1.54) is 29.0 Å². The lowest BCUT2D eigenvalue weighted by Gasteiger charge is -2.40. The van der Waals surface area contributed by atoms with Gasteiger partial charge in [0.25, 0.3) is 5.91 Å². The predicted octanol–water partition coefficient (Wildman–Crippen LogP) is 5.45. The van der Waals surface area contributed by atoms with E-state index >= 15 is 0 Å². The second-order valence-corrected chi connectivity index (χ2v) is 8.53. The van der Waals surface area contributed by atoms with Gasteiger partial charge in [-0.3, -0.25) is 9.69 Å². The average Bonchev–Trinajstić information content (AvgIpc) is 2.84. The molecule has 0 saturated heterocycles. The first-order valence-electron chi connectivity index (χ1n) is 11.1. The number of hydrogen-bond acceptors (Lipinski definition) is 3. The van der Waals surface area contributed by atoms with E-state index in [1.54, 1.807) is 20.0 Å². The highest BCUT2D eigenvalue weighted by Gasteiger charge is 2.35. The number of amides is 3. The fourth-order valence-corrected chi connectivity index (χ4v) is 4.18. The molecule has 0 saturated carbocycles. The second-order valence-electron chi connectivity index (χ2n) is 8.53. The minimum atomic E-state index is -1.15. The number of nitrogens with zero attached hydrogens (tertiary/aromatic N) is 2. The van der Waals surface area contributed by atoms with E-state index < -0.39 is 59.2 Å². The fraction of sp³-hybridized carbons (Fsp3) is 0.231. The van der Waals surface area contributed by atoms with Crippen LogP contribution in [0.3, 0.4) is 0 Å². The minimum Gasteiger partial charge on any atom is -0.496 e. The van der Waals surface area contributed by atoms with Crippen LogP contribution in [0.2, 0.25) is 0 Å². The lowest BCUT2D eigenvalue weighted by Crippen LogP contribution is -2.46. The number of halogens is 5. The van der Waals surface area contributed by atoms with E-state index in [1.807, 2.05) is 0 Å². The Morgan fingerprint density at radius 2 is 1.54 bits per heavy atom. The predicted molar refractivity (Wildman–Crippen MR) is 125 cm³/mol. The summed E-state index contributed by atoms with van der Waals surface area (Å²) in [4.78, 5) is 28.6. The van der Waals surface area contributed by atoms with Crippen molar-refractivity contribution in [1.29, 1.82) is 0 Å². The van der Waals surface area contributed by atoms with E-state index in [-0.39, 0.29) is 23.4 Å². The average molecular weight is 519 g/mol. The summed E-state index contributed by atoms with van der Waals surface area (Å²) in [6.45, 7) is 0.899. The van der Waals surface area contributed by atoms with Gasteiger partial charge in [-0.25, -0.2) is 26.7 Å². The molecule has 4 rings (SSSR count). The minimum absolute atomic E-state index is 0.0581. The first-order valence-corrected chi connectivity index (χ1v) is 11.1. The number of carbonyl (C=O) groups excluding carboxylic acids is 2. The van der Waals surface area contributed by atoms with Crippen molar-refractivity contribution in [1.82, 2.24) is 10.2 Å². The third-order valence-corrected chi connectivity index (χ3v) is 6.33. The van der Waals surface area contributed by atoms with Crippen LogP contribution in [0.1, 0.15) is 40.0 Å². The van der Waals surface area contributed by atoms with Crippen LogP contribution in [0.25, 0.3) is 0 Å². The molecule has 1 atom stereocenters. The maximum absolute atomic E-state index is 14.7. The highest BCUT2D eigenvalue weighted by Crippen LogP contribution is 2.38. The van der Waals surface area contributed by atoms with E-state index in [9.17, 15) is 31.5 Å². The molecular formula is C26H22F5N3O3. The van der Waals surface area contributed by atoms with Crippen molar-refractivity contribution in [2.24, 2.45) is 0 Å². The third-order valence-electron chi connectivity index (χ3n) is 6.33. The lowest BCUT2D eigenvalue weighted by molar-refractivity contribution is 0.0950. The number of benzene rings is 3. The molecule has 3 amide bonds. The zero-order chi connectivity index (χ0) is 27.0. The Bertz CT molecular complexity index is 1380. The molecule has 3 aromatic carbocycles. The third kappa shape index (κ3) is 4.93. The van der Waals surface area contributed by atoms with Gasteiger partial charge in [0, 0.05) is 54.5 Å². The summed E-state index contributed by atoms with van der Waals surface area (Å²) in [5.74, 6) is -5.94. The maximum Gasteiger partial charge on any atom is 0.325 e. The van der Waals surface area contributed by atoms with Crippen LogP contribution in [-0.4, -0.2) is 31.0 Å². The Morgan fingerprint density at radius 3 is 2.16 bits per heavy atom. The largest absolute Gasteiger partial charge is 0.496 e. The van der Waals surface area contributed by atoms with E-state index in [0.29, 0.717) is 29.4 Å². The van der Waals surface area contributed by atoms with Crippen LogP contribution in [0.5, 0.6) is 5.75 Å². The molecule has 3 aromatic rings. The molecule has 1 aliphatic rings. The summed E-state index contributed by atoms with van der Waals surface area (Å²) in [6, 6.07) is 6.29. The van der Waals surface area contributed by atoms with Crippen molar-refractivity contribution < 1.29 is 36.3 Å². The van der Waals surface area contributed by atoms with Gasteiger partial charge in [0.1, 0.15) is 34.8 Å². The summed E-state index contributed by atoms with van der Waals surface area (Å²) in [5.41, 5.74) is 0.425. The molecule has 1 aliphatic heterocycles. The maximum atomic E-state index is 14.7. The number of ether oxygens (including phenoxy) is 1. The first kappa shape index (κ1) is 25.9. The Labute approximate surface area is 209 Å². The number of urea groups is 1. The van der Waals surface area contributed by atoms with E-state index in [2.05, 4.69) is 5.32 Å². The molecule has 194 valence electrons. The fourth-order valence-electron chi connectivity index (χ4n) is 4.18. The highest BCUT2D eigenvalue weighted by molar-refractivity contribution is 5.99. The van der Waals surface area contributed by atoms with Crippen molar-refractivity contribution in [2.75, 3.05) is 19.1 Å². The van der Waals surface area contributed by atoms with Gasteiger partial charge in [0.2, 0.25) is 0 Å². The Morgan fingerprint density at radius 1 is 0.946 bits per heavy atom. The number of hydrogen-bond donors (Lipinski definition) is 1. The molecule has 37 heavy (non-hydrogen) atoms. The number of fused-ring (bicyclic) bond motifs is 1. The summed E-state index contributed by atoms with van der Waals surface area (Å²) in [5, 5.41) is 2.38. The molecule has 0 radical (unpaired) electrons. The molecule has 0 fully saturated rings. The lowest BCUT2D eigenvalue weighted by atomic mass is 9.98. The van der Waals surface area contributed by atoms with Crippen molar-refractivity contribution in [3.8, 4) is 5.75 Å². The summed E-state index contributed by atoms with van der Waals surface area (Å²) < 4.78 is 74.5. The summed E-state index contributed by atoms with van der Waals surface area (Å²) in [6.07, 6.45) is 0. The zero-order valence-electron chi connectivity index (χ0n) is 20.0. The van der Waals surface area contributed by atoms with Crippen molar-refractivity contribution >= 4 is 17.6 Å². The Balaban J connectivity index is 1.67. The monoisotopic (exact) mass is 519 g/mol. The number of nitrogens with one attached hydrogen (secondary N) is 1. The van der Waals surface area contributed by atoms with Gasteiger partial charge < -0.3 is 15.0 Å². The normalized spacial score (nSPS) is 15.0. The van der Waals surface area contributed by atoms with Crippen LogP contribution in [-0.2, 0) is 13.1 Å². The molecule has 0 bridgehead atoms. The topological polar surface area (TPSA) is 61.9 Å². The number of carbonyl (C=O) groups is 2.